The molecule has 0 N–H and O–H groups in total. The van der Waals surface area contributed by atoms with Crippen LogP contribution in [0.15, 0.2) is 36.4 Å². The lowest BCUT2D eigenvalue weighted by Crippen LogP contribution is -2.12. The first kappa shape index (κ1) is 13.6. The van der Waals surface area contributed by atoms with Gasteiger partial charge in [0.15, 0.2) is 5.78 Å². The van der Waals surface area contributed by atoms with E-state index < -0.39 is 0 Å². The number of hydrogen-bond acceptors (Lipinski definition) is 2. The van der Waals surface area contributed by atoms with Crippen molar-refractivity contribution in [1.82, 2.24) is 0 Å². The number of fused-ring (bicyclic) bond motifs is 1. The van der Waals surface area contributed by atoms with Crippen molar-refractivity contribution in [2.24, 2.45) is 5.41 Å². The van der Waals surface area contributed by atoms with Crippen molar-refractivity contribution in [2.45, 2.75) is 27.2 Å². The molecule has 0 radical (unpaired) electrons. The maximum Gasteiger partial charge on any atom is 0.163 e. The maximum absolute atomic E-state index is 12.2. The van der Waals surface area contributed by atoms with Gasteiger partial charge in [-0.25, -0.2) is 0 Å². The van der Waals surface area contributed by atoms with Crippen molar-refractivity contribution in [2.75, 3.05) is 7.11 Å². The molecule has 0 saturated heterocycles. The molecular weight excluding hydrogens is 236 g/mol. The van der Waals surface area contributed by atoms with Gasteiger partial charge in [0.25, 0.3) is 0 Å². The fourth-order valence-corrected chi connectivity index (χ4v) is 2.11. The monoisotopic (exact) mass is 256 g/mol. The molecule has 0 spiro atoms. The number of ether oxygens (including phenoxy) is 1. The molecule has 0 fully saturated rings. The number of methoxy groups -OCH3 is 1. The summed E-state index contributed by atoms with van der Waals surface area (Å²) in [5.74, 6) is 1.03. The van der Waals surface area contributed by atoms with Gasteiger partial charge in [0.1, 0.15) is 5.75 Å². The predicted molar refractivity (Wildman–Crippen MR) is 78.9 cm³/mol. The molecule has 0 aliphatic rings. The molecule has 0 atom stereocenters. The highest BCUT2D eigenvalue weighted by Crippen LogP contribution is 2.25. The second-order valence-electron chi connectivity index (χ2n) is 6.09. The van der Waals surface area contributed by atoms with Gasteiger partial charge in [0, 0.05) is 12.0 Å². The molecule has 0 heterocycles. The number of rotatable bonds is 3. The van der Waals surface area contributed by atoms with Gasteiger partial charge < -0.3 is 4.74 Å². The van der Waals surface area contributed by atoms with E-state index in [4.69, 9.17) is 4.74 Å². The second-order valence-corrected chi connectivity index (χ2v) is 6.09. The third-order valence-electron chi connectivity index (χ3n) is 3.06. The molecule has 0 amide bonds. The highest BCUT2D eigenvalue weighted by molar-refractivity contribution is 6.00. The molecule has 100 valence electrons. The van der Waals surface area contributed by atoms with Crippen LogP contribution in [0.25, 0.3) is 10.8 Å². The molecule has 0 bridgehead atoms. The summed E-state index contributed by atoms with van der Waals surface area (Å²) in [7, 11) is 1.66. The van der Waals surface area contributed by atoms with E-state index in [2.05, 4.69) is 20.8 Å². The molecular formula is C17H20O2. The van der Waals surface area contributed by atoms with E-state index in [9.17, 15) is 4.79 Å². The molecule has 2 nitrogen and oxygen atoms in total. The molecule has 2 rings (SSSR count). The Hall–Kier alpha value is -1.83. The third-order valence-corrected chi connectivity index (χ3v) is 3.06. The molecule has 0 saturated carbocycles. The van der Waals surface area contributed by atoms with Crippen LogP contribution in [0.1, 0.15) is 37.6 Å². The molecule has 0 aliphatic heterocycles. The highest BCUT2D eigenvalue weighted by Gasteiger charge is 2.17. The predicted octanol–water partition coefficient (Wildman–Crippen LogP) is 4.47. The Morgan fingerprint density at radius 1 is 1.05 bits per heavy atom. The minimum atomic E-state index is 0.0198. The van der Waals surface area contributed by atoms with Crippen molar-refractivity contribution in [3.8, 4) is 5.75 Å². The van der Waals surface area contributed by atoms with E-state index in [1.54, 1.807) is 7.11 Å². The van der Waals surface area contributed by atoms with Crippen molar-refractivity contribution in [1.29, 1.82) is 0 Å². The summed E-state index contributed by atoms with van der Waals surface area (Å²) in [4.78, 5) is 12.2. The van der Waals surface area contributed by atoms with Crippen LogP contribution in [0.4, 0.5) is 0 Å². The van der Waals surface area contributed by atoms with Gasteiger partial charge in [-0.3, -0.25) is 4.79 Å². The lowest BCUT2D eigenvalue weighted by atomic mass is 9.87. The fraction of sp³-hybridized carbons (Fsp3) is 0.353. The van der Waals surface area contributed by atoms with Crippen LogP contribution in [0.2, 0.25) is 0 Å². The van der Waals surface area contributed by atoms with E-state index in [0.717, 1.165) is 22.1 Å². The number of carbonyl (C=O) groups excluding carboxylic acids is 1. The zero-order valence-electron chi connectivity index (χ0n) is 12.0. The number of ketones is 1. The lowest BCUT2D eigenvalue weighted by molar-refractivity contribution is 0.0940. The SMILES string of the molecule is COc1ccc2cc(C(=O)CC(C)(C)C)ccc2c1. The number of carbonyl (C=O) groups is 1. The summed E-state index contributed by atoms with van der Waals surface area (Å²) in [6.45, 7) is 6.24. The van der Waals surface area contributed by atoms with Crippen LogP contribution in [0, 0.1) is 5.41 Å². The molecule has 0 unspecified atom stereocenters. The largest absolute Gasteiger partial charge is 0.497 e. The smallest absolute Gasteiger partial charge is 0.163 e. The Morgan fingerprint density at radius 3 is 2.32 bits per heavy atom. The molecule has 2 aromatic rings. The first-order chi connectivity index (χ1) is 8.89. The summed E-state index contributed by atoms with van der Waals surface area (Å²) in [5.41, 5.74) is 0.805. The van der Waals surface area contributed by atoms with Crippen molar-refractivity contribution in [3.05, 3.63) is 42.0 Å². The van der Waals surface area contributed by atoms with Crippen molar-refractivity contribution in [3.63, 3.8) is 0 Å². The van der Waals surface area contributed by atoms with Crippen LogP contribution in [-0.4, -0.2) is 12.9 Å². The quantitative estimate of drug-likeness (QED) is 0.757. The standard InChI is InChI=1S/C17H20O2/c1-17(2,3)11-16(18)14-6-5-13-10-15(19-4)8-7-12(13)9-14/h5-10H,11H2,1-4H3. The molecule has 0 aliphatic carbocycles. The molecule has 2 heteroatoms. The van der Waals surface area contributed by atoms with Gasteiger partial charge in [-0.15, -0.1) is 0 Å². The van der Waals surface area contributed by atoms with E-state index in [0.29, 0.717) is 6.42 Å². The molecule has 0 aromatic heterocycles. The van der Waals surface area contributed by atoms with Crippen LogP contribution < -0.4 is 4.74 Å². The van der Waals surface area contributed by atoms with E-state index >= 15 is 0 Å². The van der Waals surface area contributed by atoms with Gasteiger partial charge in [-0.05, 0) is 34.4 Å². The third kappa shape index (κ3) is 3.34. The Morgan fingerprint density at radius 2 is 1.68 bits per heavy atom. The molecule has 19 heavy (non-hydrogen) atoms. The Balaban J connectivity index is 2.34. The normalized spacial score (nSPS) is 11.6. The van der Waals surface area contributed by atoms with E-state index in [-0.39, 0.29) is 11.2 Å². The molecule has 2 aromatic carbocycles. The van der Waals surface area contributed by atoms with Crippen LogP contribution in [0.3, 0.4) is 0 Å². The van der Waals surface area contributed by atoms with Crippen molar-refractivity contribution < 1.29 is 9.53 Å². The summed E-state index contributed by atoms with van der Waals surface area (Å²) in [6.07, 6.45) is 0.564. The summed E-state index contributed by atoms with van der Waals surface area (Å²) < 4.78 is 5.20. The Labute approximate surface area is 114 Å². The average Bonchev–Trinajstić information content (AvgIpc) is 2.35. The lowest BCUT2D eigenvalue weighted by Gasteiger charge is -2.16. The first-order valence-corrected chi connectivity index (χ1v) is 6.50. The first-order valence-electron chi connectivity index (χ1n) is 6.50. The van der Waals surface area contributed by atoms with Gasteiger partial charge in [0.05, 0.1) is 7.11 Å². The maximum atomic E-state index is 12.2. The van der Waals surface area contributed by atoms with Gasteiger partial charge in [0.2, 0.25) is 0 Å². The fourth-order valence-electron chi connectivity index (χ4n) is 2.11. The number of hydrogen-bond donors (Lipinski definition) is 0. The highest BCUT2D eigenvalue weighted by atomic mass is 16.5. The van der Waals surface area contributed by atoms with E-state index in [1.807, 2.05) is 36.4 Å². The summed E-state index contributed by atoms with van der Waals surface area (Å²) in [5, 5.41) is 2.16. The minimum absolute atomic E-state index is 0.0198. The average molecular weight is 256 g/mol. The van der Waals surface area contributed by atoms with Crippen LogP contribution in [-0.2, 0) is 0 Å². The van der Waals surface area contributed by atoms with Gasteiger partial charge >= 0.3 is 0 Å². The Kier molecular flexibility index (Phi) is 3.61. The summed E-state index contributed by atoms with van der Waals surface area (Å²) in [6, 6.07) is 11.7. The van der Waals surface area contributed by atoms with Gasteiger partial charge in [-0.1, -0.05) is 39.0 Å². The zero-order chi connectivity index (χ0) is 14.0. The topological polar surface area (TPSA) is 26.3 Å². The number of benzene rings is 2. The Bertz CT molecular complexity index is 606. The van der Waals surface area contributed by atoms with Crippen molar-refractivity contribution >= 4 is 16.6 Å². The van der Waals surface area contributed by atoms with Crippen LogP contribution >= 0.6 is 0 Å². The number of Topliss-reactive ketones (excluding diaryl/α,β-unsaturated/α-hetero) is 1. The minimum Gasteiger partial charge on any atom is -0.497 e. The van der Waals surface area contributed by atoms with Gasteiger partial charge in [-0.2, -0.15) is 0 Å². The zero-order valence-corrected chi connectivity index (χ0v) is 12.0. The van der Waals surface area contributed by atoms with E-state index in [1.165, 1.54) is 0 Å². The summed E-state index contributed by atoms with van der Waals surface area (Å²) >= 11 is 0. The van der Waals surface area contributed by atoms with Crippen LogP contribution in [0.5, 0.6) is 5.75 Å². The second kappa shape index (κ2) is 5.04.